The molecule has 1 saturated heterocycles. The smallest absolute Gasteiger partial charge is 0.162 e. The summed E-state index contributed by atoms with van der Waals surface area (Å²) < 4.78 is 1.91. The van der Waals surface area contributed by atoms with Crippen LogP contribution in [0, 0.1) is 0 Å². The number of likely N-dealkylation sites (tertiary alicyclic amines) is 1. The topological polar surface area (TPSA) is 33.4 Å². The zero-order valence-corrected chi connectivity index (χ0v) is 19.8. The van der Waals surface area contributed by atoms with E-state index in [9.17, 15) is 0 Å². The maximum Gasteiger partial charge on any atom is 0.162 e. The second kappa shape index (κ2) is 9.32. The van der Waals surface area contributed by atoms with Crippen LogP contribution in [0.3, 0.4) is 0 Å². The highest BCUT2D eigenvalue weighted by atomic mass is 32.2. The van der Waals surface area contributed by atoms with Crippen molar-refractivity contribution in [3.05, 3.63) is 72.7 Å². The summed E-state index contributed by atoms with van der Waals surface area (Å²) in [5.74, 6) is 0. The largest absolute Gasteiger partial charge is 0.303 e. The molecule has 2 fully saturated rings. The highest BCUT2D eigenvalue weighted by Gasteiger charge is 2.22. The van der Waals surface area contributed by atoms with Gasteiger partial charge in [-0.15, -0.1) is 11.8 Å². The van der Waals surface area contributed by atoms with Crippen molar-refractivity contribution in [2.45, 2.75) is 48.7 Å². The summed E-state index contributed by atoms with van der Waals surface area (Å²) in [6.45, 7) is 3.70. The SMILES string of the molecule is c1cc(SC2CC2)cc(-c2cnn3cc(-c4ccc(CCN5CCCCC5)cc4)cnc23)c1. The molecule has 2 aliphatic rings. The maximum atomic E-state index is 4.80. The lowest BCUT2D eigenvalue weighted by atomic mass is 10.0. The zero-order valence-electron chi connectivity index (χ0n) is 19.0. The zero-order chi connectivity index (χ0) is 22.0. The minimum absolute atomic E-state index is 0.806. The minimum Gasteiger partial charge on any atom is -0.303 e. The summed E-state index contributed by atoms with van der Waals surface area (Å²) in [5.41, 5.74) is 6.87. The number of nitrogens with zero attached hydrogens (tertiary/aromatic N) is 4. The molecule has 1 saturated carbocycles. The third-order valence-corrected chi connectivity index (χ3v) is 8.11. The van der Waals surface area contributed by atoms with E-state index in [4.69, 9.17) is 4.98 Å². The molecule has 4 nitrogen and oxygen atoms in total. The fourth-order valence-electron chi connectivity index (χ4n) is 4.68. The number of aromatic nitrogens is 3. The van der Waals surface area contributed by atoms with Crippen molar-refractivity contribution < 1.29 is 0 Å². The van der Waals surface area contributed by atoms with Crippen molar-refractivity contribution in [2.24, 2.45) is 0 Å². The lowest BCUT2D eigenvalue weighted by Gasteiger charge is -2.26. The quantitative estimate of drug-likeness (QED) is 0.326. The van der Waals surface area contributed by atoms with E-state index < -0.39 is 0 Å². The Morgan fingerprint density at radius 1 is 0.879 bits per heavy atom. The van der Waals surface area contributed by atoms with Crippen LogP contribution in [0.5, 0.6) is 0 Å². The van der Waals surface area contributed by atoms with Gasteiger partial charge in [-0.3, -0.25) is 0 Å². The number of hydrogen-bond donors (Lipinski definition) is 0. The van der Waals surface area contributed by atoms with Crippen LogP contribution in [0.1, 0.15) is 37.7 Å². The molecule has 3 heterocycles. The molecule has 0 amide bonds. The summed E-state index contributed by atoms with van der Waals surface area (Å²) >= 11 is 1.99. The van der Waals surface area contributed by atoms with E-state index in [0.717, 1.165) is 28.4 Å². The first-order valence-corrected chi connectivity index (χ1v) is 13.1. The van der Waals surface area contributed by atoms with Gasteiger partial charge in [0.25, 0.3) is 0 Å². The standard InChI is InChI=1S/C28H30N4S/c1-2-14-31(15-3-1)16-13-21-7-9-22(10-8-21)24-18-29-28-27(19-30-32(28)20-24)23-5-4-6-26(17-23)33-25-11-12-25/h4-10,17-20,25H,1-3,11-16H2. The van der Waals surface area contributed by atoms with Gasteiger partial charge in [-0.1, -0.05) is 42.8 Å². The molecule has 2 aromatic carbocycles. The van der Waals surface area contributed by atoms with Gasteiger partial charge in [-0.25, -0.2) is 9.50 Å². The Morgan fingerprint density at radius 3 is 2.55 bits per heavy atom. The van der Waals surface area contributed by atoms with Crippen molar-refractivity contribution in [3.63, 3.8) is 0 Å². The van der Waals surface area contributed by atoms with Crippen LogP contribution < -0.4 is 0 Å². The number of thioether (sulfide) groups is 1. The third-order valence-electron chi connectivity index (χ3n) is 6.78. The molecular formula is C28H30N4S. The average molecular weight is 455 g/mol. The van der Waals surface area contributed by atoms with Crippen molar-refractivity contribution in [2.75, 3.05) is 19.6 Å². The van der Waals surface area contributed by atoms with E-state index >= 15 is 0 Å². The molecule has 1 aliphatic carbocycles. The molecule has 33 heavy (non-hydrogen) atoms. The molecule has 0 bridgehead atoms. The lowest BCUT2D eigenvalue weighted by molar-refractivity contribution is 0.231. The maximum absolute atomic E-state index is 4.80. The summed E-state index contributed by atoms with van der Waals surface area (Å²) in [6, 6.07) is 17.8. The van der Waals surface area contributed by atoms with Crippen LogP contribution in [0.2, 0.25) is 0 Å². The molecular weight excluding hydrogens is 424 g/mol. The van der Waals surface area contributed by atoms with Gasteiger partial charge < -0.3 is 4.90 Å². The average Bonchev–Trinajstić information content (AvgIpc) is 3.58. The van der Waals surface area contributed by atoms with Crippen LogP contribution >= 0.6 is 11.8 Å². The van der Waals surface area contributed by atoms with Crippen LogP contribution in [0.4, 0.5) is 0 Å². The predicted octanol–water partition coefficient (Wildman–Crippen LogP) is 6.35. The molecule has 5 heteroatoms. The second-order valence-electron chi connectivity index (χ2n) is 9.36. The molecule has 0 N–H and O–H groups in total. The van der Waals surface area contributed by atoms with Crippen molar-refractivity contribution >= 4 is 17.4 Å². The van der Waals surface area contributed by atoms with Gasteiger partial charge in [0.15, 0.2) is 5.65 Å². The Morgan fingerprint density at radius 2 is 1.73 bits per heavy atom. The van der Waals surface area contributed by atoms with Gasteiger partial charge in [-0.2, -0.15) is 5.10 Å². The van der Waals surface area contributed by atoms with Crippen molar-refractivity contribution in [3.8, 4) is 22.3 Å². The molecule has 0 spiro atoms. The molecule has 0 radical (unpaired) electrons. The van der Waals surface area contributed by atoms with E-state index in [1.165, 1.54) is 73.3 Å². The van der Waals surface area contributed by atoms with Gasteiger partial charge in [0.2, 0.25) is 0 Å². The lowest BCUT2D eigenvalue weighted by Crippen LogP contribution is -2.31. The molecule has 6 rings (SSSR count). The minimum atomic E-state index is 0.806. The van der Waals surface area contributed by atoms with E-state index in [1.807, 2.05) is 28.7 Å². The molecule has 1 aliphatic heterocycles. The first kappa shape index (κ1) is 20.9. The van der Waals surface area contributed by atoms with Gasteiger partial charge in [-0.05, 0) is 74.0 Å². The van der Waals surface area contributed by atoms with Crippen molar-refractivity contribution in [1.29, 1.82) is 0 Å². The highest BCUT2D eigenvalue weighted by Crippen LogP contribution is 2.40. The molecule has 0 atom stereocenters. The second-order valence-corrected chi connectivity index (χ2v) is 10.7. The van der Waals surface area contributed by atoms with Gasteiger partial charge >= 0.3 is 0 Å². The Labute approximate surface area is 200 Å². The Hall–Kier alpha value is -2.63. The van der Waals surface area contributed by atoms with E-state index in [0.29, 0.717) is 0 Å². The van der Waals surface area contributed by atoms with E-state index in [-0.39, 0.29) is 0 Å². The Kier molecular flexibility index (Phi) is 5.91. The number of hydrogen-bond acceptors (Lipinski definition) is 4. The number of benzene rings is 2. The first-order chi connectivity index (χ1) is 16.3. The normalized spacial score (nSPS) is 17.0. The monoisotopic (exact) mass is 454 g/mol. The van der Waals surface area contributed by atoms with Crippen LogP contribution in [0.25, 0.3) is 27.9 Å². The fraction of sp³-hybridized carbons (Fsp3) is 0.357. The molecule has 0 unspecified atom stereocenters. The summed E-state index contributed by atoms with van der Waals surface area (Å²) in [7, 11) is 0. The highest BCUT2D eigenvalue weighted by molar-refractivity contribution is 8.00. The van der Waals surface area contributed by atoms with Crippen LogP contribution in [0.15, 0.2) is 72.0 Å². The number of piperidine rings is 1. The Bertz CT molecular complexity index is 1240. The molecule has 4 aromatic rings. The predicted molar refractivity (Wildman–Crippen MR) is 137 cm³/mol. The van der Waals surface area contributed by atoms with Crippen molar-refractivity contribution in [1.82, 2.24) is 19.5 Å². The first-order valence-electron chi connectivity index (χ1n) is 12.2. The summed E-state index contributed by atoms with van der Waals surface area (Å²) in [6.07, 6.45) is 13.9. The fourth-order valence-corrected chi connectivity index (χ4v) is 5.79. The number of rotatable bonds is 7. The van der Waals surface area contributed by atoms with E-state index in [1.54, 1.807) is 0 Å². The van der Waals surface area contributed by atoms with Gasteiger partial charge in [0.1, 0.15) is 0 Å². The molecule has 168 valence electrons. The van der Waals surface area contributed by atoms with Crippen LogP contribution in [-0.4, -0.2) is 44.4 Å². The third kappa shape index (κ3) is 4.85. The van der Waals surface area contributed by atoms with Gasteiger partial charge in [0.05, 0.1) is 6.20 Å². The summed E-state index contributed by atoms with van der Waals surface area (Å²) in [5, 5.41) is 5.43. The van der Waals surface area contributed by atoms with Crippen LogP contribution in [-0.2, 0) is 6.42 Å². The Balaban J connectivity index is 1.18. The van der Waals surface area contributed by atoms with Gasteiger partial charge in [0, 0.05) is 40.2 Å². The van der Waals surface area contributed by atoms with E-state index in [2.05, 4.69) is 64.7 Å². The number of fused-ring (bicyclic) bond motifs is 1. The summed E-state index contributed by atoms with van der Waals surface area (Å²) in [4.78, 5) is 8.75. The molecule has 2 aromatic heterocycles.